The second-order valence-corrected chi connectivity index (χ2v) is 7.96. The van der Waals surface area contributed by atoms with E-state index in [1.807, 2.05) is 13.0 Å². The zero-order chi connectivity index (χ0) is 25.0. The molecule has 1 aromatic heterocycles. The summed E-state index contributed by atoms with van der Waals surface area (Å²) in [6.07, 6.45) is -1.91. The number of allylic oxidation sites excluding steroid dienone is 4. The molecule has 6 nitrogen and oxygen atoms in total. The first-order chi connectivity index (χ1) is 16.5. The molecule has 0 saturated carbocycles. The van der Waals surface area contributed by atoms with Crippen LogP contribution in [0.4, 0.5) is 26.3 Å². The van der Waals surface area contributed by atoms with E-state index in [2.05, 4.69) is 26.3 Å². The van der Waals surface area contributed by atoms with Crippen LogP contribution < -0.4 is 0 Å². The third-order valence-corrected chi connectivity index (χ3v) is 5.53. The zero-order valence-electron chi connectivity index (χ0n) is 17.9. The first-order valence-corrected chi connectivity index (χ1v) is 10.3. The van der Waals surface area contributed by atoms with Crippen molar-refractivity contribution in [2.24, 2.45) is 0 Å². The first-order valence-electron chi connectivity index (χ1n) is 10.3. The van der Waals surface area contributed by atoms with E-state index >= 15 is 0 Å². The minimum absolute atomic E-state index is 0.00868. The summed E-state index contributed by atoms with van der Waals surface area (Å²) in [5.41, 5.74) is -0.444. The molecule has 12 heteroatoms. The molecule has 180 valence electrons. The largest absolute Gasteiger partial charge is 0.417 e. The minimum atomic E-state index is -5.02. The van der Waals surface area contributed by atoms with Gasteiger partial charge in [-0.2, -0.15) is 31.4 Å². The van der Waals surface area contributed by atoms with E-state index in [0.717, 1.165) is 23.6 Å². The quantitative estimate of drug-likeness (QED) is 0.316. The van der Waals surface area contributed by atoms with Crippen molar-refractivity contribution in [3.8, 4) is 22.6 Å². The number of imidazole rings is 1. The summed E-state index contributed by atoms with van der Waals surface area (Å²) in [7, 11) is 0. The van der Waals surface area contributed by atoms with Crippen molar-refractivity contribution in [3.63, 3.8) is 0 Å². The predicted molar refractivity (Wildman–Crippen MR) is 112 cm³/mol. The molecule has 1 aliphatic carbocycles. The molecule has 0 unspecified atom stereocenters. The fourth-order valence-corrected chi connectivity index (χ4v) is 3.81. The average molecular weight is 491 g/mol. The number of benzene rings is 1. The maximum absolute atomic E-state index is 13.5. The third kappa shape index (κ3) is 4.43. The van der Waals surface area contributed by atoms with Crippen LogP contribution in [0.25, 0.3) is 28.2 Å². The highest BCUT2D eigenvalue weighted by Gasteiger charge is 2.39. The summed E-state index contributed by atoms with van der Waals surface area (Å²) in [4.78, 5) is 9.00. The Hall–Kier alpha value is -3.96. The highest BCUT2D eigenvalue weighted by Crippen LogP contribution is 2.40. The summed E-state index contributed by atoms with van der Waals surface area (Å²) in [6, 6.07) is 2.61. The van der Waals surface area contributed by atoms with Gasteiger partial charge < -0.3 is 4.52 Å². The second-order valence-electron chi connectivity index (χ2n) is 7.96. The number of aromatic nitrogens is 5. The molecule has 3 heterocycles. The number of nitrogens with zero attached hydrogens (tertiary/aromatic N) is 5. The van der Waals surface area contributed by atoms with Crippen LogP contribution >= 0.6 is 0 Å². The van der Waals surface area contributed by atoms with Gasteiger partial charge in [0.2, 0.25) is 0 Å². The van der Waals surface area contributed by atoms with E-state index in [4.69, 9.17) is 4.52 Å². The van der Waals surface area contributed by atoms with Gasteiger partial charge >= 0.3 is 12.4 Å². The second kappa shape index (κ2) is 8.07. The lowest BCUT2D eigenvalue weighted by molar-refractivity contribution is -0.142. The molecule has 0 N–H and O–H groups in total. The van der Waals surface area contributed by atoms with E-state index in [1.54, 1.807) is 6.20 Å². The molecule has 2 aromatic rings. The Bertz CT molecular complexity index is 1440. The van der Waals surface area contributed by atoms with Gasteiger partial charge in [-0.3, -0.25) is 4.68 Å². The Morgan fingerprint density at radius 1 is 0.943 bits per heavy atom. The Morgan fingerprint density at radius 2 is 1.71 bits per heavy atom. The molecule has 0 amide bonds. The van der Waals surface area contributed by atoms with Gasteiger partial charge in [0.1, 0.15) is 23.6 Å². The average Bonchev–Trinajstić information content (AvgIpc) is 3.51. The number of hydrogen-bond acceptors (Lipinski definition) is 5. The monoisotopic (exact) mass is 491 g/mol. The van der Waals surface area contributed by atoms with Gasteiger partial charge in [0.15, 0.2) is 11.6 Å². The van der Waals surface area contributed by atoms with Gasteiger partial charge in [-0.15, -0.1) is 0 Å². The predicted octanol–water partition coefficient (Wildman–Crippen LogP) is 6.25. The maximum atomic E-state index is 13.5. The van der Waals surface area contributed by atoms with Gasteiger partial charge in [0.25, 0.3) is 0 Å². The van der Waals surface area contributed by atoms with Gasteiger partial charge in [-0.25, -0.2) is 9.97 Å². The third-order valence-electron chi connectivity index (χ3n) is 5.53. The molecular weight excluding hydrogens is 476 g/mol. The van der Waals surface area contributed by atoms with Crippen LogP contribution in [0.15, 0.2) is 58.9 Å². The van der Waals surface area contributed by atoms with Crippen molar-refractivity contribution in [1.82, 2.24) is 24.9 Å². The van der Waals surface area contributed by atoms with Crippen molar-refractivity contribution in [3.05, 3.63) is 77.1 Å². The van der Waals surface area contributed by atoms with Gasteiger partial charge in [-0.05, 0) is 31.1 Å². The Balaban J connectivity index is 1.43. The molecular formula is C23H15F6N5O. The van der Waals surface area contributed by atoms with Gasteiger partial charge in [0, 0.05) is 17.2 Å². The number of hydrogen-bond donors (Lipinski definition) is 0. The number of halogens is 6. The summed E-state index contributed by atoms with van der Waals surface area (Å²) in [6.45, 7) is 1.98. The van der Waals surface area contributed by atoms with E-state index in [0.29, 0.717) is 23.3 Å². The van der Waals surface area contributed by atoms with Crippen LogP contribution in [-0.4, -0.2) is 24.9 Å². The van der Waals surface area contributed by atoms with Crippen LogP contribution in [-0.2, 0) is 18.9 Å². The lowest BCUT2D eigenvalue weighted by Gasteiger charge is -2.14. The molecule has 0 saturated heterocycles. The SMILES string of the molecule is CC1=CCC=C1c1nc2cnn(Cc3cc(-c4ccc(C(F)(F)F)cc4C(F)(F)F)no3)cc-2n1. The fraction of sp³-hybridized carbons (Fsp3) is 0.217. The fourth-order valence-electron chi connectivity index (χ4n) is 3.81. The molecule has 0 bridgehead atoms. The highest BCUT2D eigenvalue weighted by molar-refractivity contribution is 5.79. The van der Waals surface area contributed by atoms with Gasteiger partial charge in [0.05, 0.1) is 23.5 Å². The zero-order valence-corrected chi connectivity index (χ0v) is 17.9. The molecule has 0 fully saturated rings. The summed E-state index contributed by atoms with van der Waals surface area (Å²) < 4.78 is 85.8. The van der Waals surface area contributed by atoms with Crippen molar-refractivity contribution < 1.29 is 30.9 Å². The maximum Gasteiger partial charge on any atom is 0.417 e. The van der Waals surface area contributed by atoms with E-state index in [1.165, 1.54) is 16.9 Å². The Morgan fingerprint density at radius 3 is 2.40 bits per heavy atom. The Labute approximate surface area is 193 Å². The van der Waals surface area contributed by atoms with Gasteiger partial charge in [-0.1, -0.05) is 23.4 Å². The molecule has 0 spiro atoms. The molecule has 0 atom stereocenters. The van der Waals surface area contributed by atoms with Crippen LogP contribution in [0, 0.1) is 0 Å². The highest BCUT2D eigenvalue weighted by atomic mass is 19.4. The van der Waals surface area contributed by atoms with Crippen molar-refractivity contribution in [1.29, 1.82) is 0 Å². The molecule has 1 aromatic carbocycles. The lowest BCUT2D eigenvalue weighted by atomic mass is 10.0. The van der Waals surface area contributed by atoms with Crippen molar-refractivity contribution in [2.45, 2.75) is 32.2 Å². The van der Waals surface area contributed by atoms with Crippen LogP contribution in [0.1, 0.15) is 36.1 Å². The normalized spacial score (nSPS) is 14.5. The molecule has 3 aliphatic rings. The molecule has 2 aliphatic heterocycles. The van der Waals surface area contributed by atoms with Crippen molar-refractivity contribution in [2.75, 3.05) is 0 Å². The van der Waals surface area contributed by atoms with Crippen LogP contribution in [0.3, 0.4) is 0 Å². The van der Waals surface area contributed by atoms with Crippen molar-refractivity contribution >= 4 is 5.57 Å². The topological polar surface area (TPSA) is 69.6 Å². The first kappa shape index (κ1) is 22.8. The smallest absolute Gasteiger partial charge is 0.359 e. The summed E-state index contributed by atoms with van der Waals surface area (Å²) in [5, 5.41) is 7.86. The summed E-state index contributed by atoms with van der Waals surface area (Å²) >= 11 is 0. The molecule has 5 rings (SSSR count). The Kier molecular flexibility index (Phi) is 5.26. The van der Waals surface area contributed by atoms with Crippen LogP contribution in [0.2, 0.25) is 0 Å². The van der Waals surface area contributed by atoms with E-state index in [9.17, 15) is 26.3 Å². The standard InChI is InChI=1S/C23H15F6N5O/c1-12-3-2-4-15(12)21-31-19-9-30-34(11-20(19)32-21)10-14-8-18(33-35-14)16-6-5-13(22(24,25)26)7-17(16)23(27,28)29/h3-9,11H,2,10H2,1H3. The van der Waals surface area contributed by atoms with E-state index < -0.39 is 29.0 Å². The number of fused-ring (bicyclic) bond motifs is 1. The number of alkyl halides is 6. The molecule has 35 heavy (non-hydrogen) atoms. The number of rotatable bonds is 4. The molecule has 0 radical (unpaired) electrons. The summed E-state index contributed by atoms with van der Waals surface area (Å²) in [5.74, 6) is 0.733. The minimum Gasteiger partial charge on any atom is -0.359 e. The van der Waals surface area contributed by atoms with E-state index in [-0.39, 0.29) is 24.1 Å². The lowest BCUT2D eigenvalue weighted by Crippen LogP contribution is -2.12. The van der Waals surface area contributed by atoms with Crippen LogP contribution in [0.5, 0.6) is 0 Å².